The predicted molar refractivity (Wildman–Crippen MR) is 228 cm³/mol. The van der Waals surface area contributed by atoms with E-state index in [2.05, 4.69) is 118 Å². The Morgan fingerprint density at radius 3 is 2.27 bits per heavy atom. The van der Waals surface area contributed by atoms with Crippen LogP contribution in [-0.2, 0) is 26.5 Å². The van der Waals surface area contributed by atoms with E-state index in [1.807, 2.05) is 86.8 Å². The zero-order chi connectivity index (χ0) is 39.0. The summed E-state index contributed by atoms with van der Waals surface area (Å²) < 4.78 is 26.8. The van der Waals surface area contributed by atoms with Crippen LogP contribution in [0.25, 0.3) is 72.4 Å². The second kappa shape index (κ2) is 16.3. The average Bonchev–Trinajstić information content (AvgIpc) is 3.80. The Morgan fingerprint density at radius 2 is 1.49 bits per heavy atom. The summed E-state index contributed by atoms with van der Waals surface area (Å²) in [4.78, 5) is 9.65. The Labute approximate surface area is 342 Å². The van der Waals surface area contributed by atoms with Gasteiger partial charge in [-0.25, -0.2) is 0 Å². The third-order valence-electron chi connectivity index (χ3n) is 9.48. The first kappa shape index (κ1) is 35.6. The molecule has 0 aliphatic rings. The number of pyridine rings is 1. The zero-order valence-electron chi connectivity index (χ0n) is 33.6. The molecule has 0 bridgehead atoms. The Kier molecular flexibility index (Phi) is 10.6. The quantitative estimate of drug-likeness (QED) is 0.118. The van der Waals surface area contributed by atoms with Gasteiger partial charge in [-0.2, -0.15) is 0 Å². The predicted octanol–water partition coefficient (Wildman–Crippen LogP) is 12.3. The SMILES string of the molecule is [2H]C([2H])(c1cc(-c2[c-]cccc2)nc[c]1[Ge]([CH3])([CH3])[CH3])C(C)C.[Ir].[c-]1ccc2c(oc3ccccc32)c1-c1nc2ccccc2n1-c1cccc(-c2ccccc2)c1. The van der Waals surface area contributed by atoms with Gasteiger partial charge >= 0.3 is 128 Å². The summed E-state index contributed by atoms with van der Waals surface area (Å²) in [5.74, 6) is 7.59. The summed E-state index contributed by atoms with van der Waals surface area (Å²) in [6.07, 6.45) is 0.562. The molecule has 0 saturated carbocycles. The van der Waals surface area contributed by atoms with Crippen molar-refractivity contribution in [1.82, 2.24) is 14.5 Å². The normalized spacial score (nSPS) is 12.3. The summed E-state index contributed by atoms with van der Waals surface area (Å²) in [5, 5.41) is 2.17. The van der Waals surface area contributed by atoms with Crippen LogP contribution in [0.3, 0.4) is 0 Å². The van der Waals surface area contributed by atoms with Gasteiger partial charge in [-0.15, -0.1) is 18.2 Å². The molecule has 275 valence electrons. The smallest absolute Gasteiger partial charge is 0.120 e. The average molecular weight is 957 g/mol. The molecule has 3 aromatic heterocycles. The molecule has 55 heavy (non-hydrogen) atoms. The maximum Gasteiger partial charge on any atom is 0.120 e. The zero-order valence-corrected chi connectivity index (χ0v) is 36.1. The van der Waals surface area contributed by atoms with Crippen molar-refractivity contribution in [3.8, 4) is 39.5 Å². The number of rotatable bonds is 7. The molecule has 0 amide bonds. The van der Waals surface area contributed by atoms with Gasteiger partial charge in [0.05, 0.1) is 22.4 Å². The fraction of sp³-hybridized carbons (Fsp3) is 0.143. The third kappa shape index (κ3) is 8.02. The van der Waals surface area contributed by atoms with Crippen LogP contribution in [0.2, 0.25) is 17.3 Å². The minimum Gasteiger partial charge on any atom is -0.501 e. The van der Waals surface area contributed by atoms with Crippen molar-refractivity contribution in [2.24, 2.45) is 5.92 Å². The number of furan rings is 1. The van der Waals surface area contributed by atoms with Crippen LogP contribution < -0.4 is 4.40 Å². The van der Waals surface area contributed by atoms with E-state index in [4.69, 9.17) is 12.1 Å². The molecule has 0 atom stereocenters. The van der Waals surface area contributed by atoms with Gasteiger partial charge in [-0.1, -0.05) is 83.7 Å². The van der Waals surface area contributed by atoms with Gasteiger partial charge in [0.1, 0.15) is 5.58 Å². The van der Waals surface area contributed by atoms with Gasteiger partial charge in [0.15, 0.2) is 0 Å². The molecule has 9 rings (SSSR count). The van der Waals surface area contributed by atoms with Gasteiger partial charge in [-0.3, -0.25) is 4.98 Å². The van der Waals surface area contributed by atoms with E-state index < -0.39 is 19.6 Å². The number of hydrogen-bond donors (Lipinski definition) is 0. The third-order valence-corrected chi connectivity index (χ3v) is 13.7. The topological polar surface area (TPSA) is 43.9 Å². The molecule has 6 heteroatoms. The van der Waals surface area contributed by atoms with Crippen LogP contribution in [0.15, 0.2) is 156 Å². The van der Waals surface area contributed by atoms with E-state index in [1.54, 1.807) is 0 Å². The molecule has 3 heterocycles. The molecule has 0 spiro atoms. The molecule has 6 aromatic carbocycles. The van der Waals surface area contributed by atoms with Crippen LogP contribution in [0, 0.1) is 18.1 Å². The van der Waals surface area contributed by atoms with Gasteiger partial charge in [0.2, 0.25) is 0 Å². The Bertz CT molecular complexity index is 2810. The fourth-order valence-electron chi connectivity index (χ4n) is 6.95. The molecule has 4 nitrogen and oxygen atoms in total. The number of benzene rings is 6. The standard InChI is InChI=1S/C31H19N2O.C18H24GeN.Ir/c1-2-10-21(11-3-1)22-12-8-13-23(20-22)33-28-18-6-5-17-27(28)32-31(33)26-16-9-15-25-24-14-4-7-19-29(24)34-30(25)26;1-14(2)11-16-12-18(15-9-7-6-8-10-15)20-13-17(16)19(3,4)5;/h1-15,17-20H;6-9,12-14H,11H2,1-5H3;/q2*-1;/i;11D2;. The van der Waals surface area contributed by atoms with E-state index in [9.17, 15) is 0 Å². The largest absolute Gasteiger partial charge is 0.501 e. The monoisotopic (exact) mass is 958 g/mol. The molecule has 0 aliphatic heterocycles. The van der Waals surface area contributed by atoms with E-state index in [0.717, 1.165) is 76.8 Å². The van der Waals surface area contributed by atoms with Gasteiger partial charge in [0, 0.05) is 31.2 Å². The summed E-state index contributed by atoms with van der Waals surface area (Å²) in [7, 11) is 0. The van der Waals surface area contributed by atoms with Crippen molar-refractivity contribution in [1.29, 1.82) is 0 Å². The molecule has 0 fully saturated rings. The van der Waals surface area contributed by atoms with Gasteiger partial charge in [-0.05, 0) is 41.5 Å². The maximum absolute atomic E-state index is 8.56. The van der Waals surface area contributed by atoms with Crippen LogP contribution in [0.1, 0.15) is 22.2 Å². The molecule has 0 N–H and O–H groups in total. The van der Waals surface area contributed by atoms with Crippen LogP contribution in [0.5, 0.6) is 0 Å². The summed E-state index contributed by atoms with van der Waals surface area (Å²) in [5.41, 5.74) is 10.4. The first-order chi connectivity index (χ1) is 27.0. The second-order valence-electron chi connectivity index (χ2n) is 14.8. The number of para-hydroxylation sites is 3. The Hall–Kier alpha value is -5.07. The first-order valence-corrected chi connectivity index (χ1v) is 25.8. The van der Waals surface area contributed by atoms with Crippen LogP contribution >= 0.6 is 0 Å². The molecule has 0 aliphatic carbocycles. The number of nitrogens with zero attached hydrogens (tertiary/aromatic N) is 3. The van der Waals surface area contributed by atoms with Crippen LogP contribution in [0.4, 0.5) is 0 Å². The van der Waals surface area contributed by atoms with E-state index in [0.29, 0.717) is 0 Å². The molecular weight excluding hydrogens is 911 g/mol. The van der Waals surface area contributed by atoms with Crippen molar-refractivity contribution in [2.45, 2.75) is 37.5 Å². The van der Waals surface area contributed by atoms with Crippen molar-refractivity contribution >= 4 is 50.6 Å². The summed E-state index contributed by atoms with van der Waals surface area (Å²) >= 11 is -2.20. The van der Waals surface area contributed by atoms with E-state index >= 15 is 0 Å². The van der Waals surface area contributed by atoms with E-state index in [1.165, 1.54) is 5.56 Å². The van der Waals surface area contributed by atoms with Crippen LogP contribution in [-0.4, -0.2) is 27.8 Å². The molecule has 1 radical (unpaired) electrons. The number of imidazole rings is 1. The van der Waals surface area contributed by atoms with E-state index in [-0.39, 0.29) is 26.0 Å². The van der Waals surface area contributed by atoms with Crippen molar-refractivity contribution in [3.63, 3.8) is 0 Å². The Morgan fingerprint density at radius 1 is 0.745 bits per heavy atom. The molecule has 0 saturated heterocycles. The molecule has 0 unspecified atom stereocenters. The fourth-order valence-corrected chi connectivity index (χ4v) is 9.90. The van der Waals surface area contributed by atoms with Crippen molar-refractivity contribution in [3.05, 3.63) is 169 Å². The van der Waals surface area contributed by atoms with Crippen molar-refractivity contribution < 1.29 is 27.3 Å². The minimum atomic E-state index is -2.20. The van der Waals surface area contributed by atoms with Gasteiger partial charge < -0.3 is 8.98 Å². The maximum atomic E-state index is 8.56. The number of aromatic nitrogens is 3. The Balaban J connectivity index is 0.000000189. The minimum absolute atomic E-state index is 0. The van der Waals surface area contributed by atoms with Gasteiger partial charge in [0.25, 0.3) is 0 Å². The summed E-state index contributed by atoms with van der Waals surface area (Å²) in [6.45, 7) is 3.88. The second-order valence-corrected chi connectivity index (χ2v) is 25.4. The molecular formula is C49H43GeIrN3O-2. The number of hydrogen-bond acceptors (Lipinski definition) is 3. The summed E-state index contributed by atoms with van der Waals surface area (Å²) in [6, 6.07) is 55.7. The molecule has 9 aromatic rings. The number of fused-ring (bicyclic) bond motifs is 4. The van der Waals surface area contributed by atoms with Crippen molar-refractivity contribution in [2.75, 3.05) is 0 Å². The first-order valence-electron chi connectivity index (χ1n) is 19.4.